The molecule has 0 radical (unpaired) electrons. The summed E-state index contributed by atoms with van der Waals surface area (Å²) in [5.74, 6) is -1.91. The van der Waals surface area contributed by atoms with Crippen LogP contribution in [-0.4, -0.2) is 44.1 Å². The average molecular weight is 607 g/mol. The molecule has 2 N–H and O–H groups in total. The van der Waals surface area contributed by atoms with Gasteiger partial charge in [0.05, 0.1) is 6.10 Å². The average Bonchev–Trinajstić information content (AvgIpc) is 3.20. The Morgan fingerprint density at radius 3 is 2.29 bits per heavy atom. The largest absolute Gasteiger partial charge is 0.508 e. The van der Waals surface area contributed by atoms with E-state index in [1.165, 1.54) is 11.1 Å². The molecule has 2 fully saturated rings. The van der Waals surface area contributed by atoms with Crippen LogP contribution < -0.4 is 0 Å². The molecule has 7 atom stereocenters. The predicted octanol–water partition coefficient (Wildman–Crippen LogP) is 8.68. The van der Waals surface area contributed by atoms with Gasteiger partial charge in [0.15, 0.2) is 0 Å². The van der Waals surface area contributed by atoms with Gasteiger partial charge in [-0.15, -0.1) is 0 Å². The monoisotopic (exact) mass is 606 g/mol. The van der Waals surface area contributed by atoms with Crippen molar-refractivity contribution in [2.45, 2.75) is 127 Å². The molecule has 0 aromatic heterocycles. The number of halogens is 5. The molecule has 41 heavy (non-hydrogen) atoms. The van der Waals surface area contributed by atoms with Crippen LogP contribution >= 0.6 is 0 Å². The molecule has 0 bridgehead atoms. The van der Waals surface area contributed by atoms with Crippen LogP contribution in [-0.2, 0) is 17.2 Å². The van der Waals surface area contributed by atoms with Crippen LogP contribution in [0.2, 0.25) is 0 Å². The fourth-order valence-electron chi connectivity index (χ4n) is 8.28. The molecule has 4 unspecified atom stereocenters. The van der Waals surface area contributed by atoms with Gasteiger partial charge in [0, 0.05) is 28.7 Å². The fraction of sp³-hybridized carbons (Fsp3) is 0.812. The van der Waals surface area contributed by atoms with E-state index < -0.39 is 35.7 Å². The molecule has 0 amide bonds. The van der Waals surface area contributed by atoms with E-state index in [9.17, 15) is 36.4 Å². The lowest BCUT2D eigenvalue weighted by atomic mass is 9.52. The van der Waals surface area contributed by atoms with Gasteiger partial charge in [0.1, 0.15) is 5.75 Å². The zero-order valence-corrected chi connectivity index (χ0v) is 25.1. The molecule has 0 aliphatic heterocycles. The van der Waals surface area contributed by atoms with Gasteiger partial charge in [0.2, 0.25) is 0 Å². The quantitative estimate of drug-likeness (QED) is 0.165. The van der Waals surface area contributed by atoms with E-state index in [4.69, 9.17) is 0 Å². The lowest BCUT2D eigenvalue weighted by Gasteiger charge is -2.53. The highest BCUT2D eigenvalue weighted by atomic mass is 32.2. The SMILES string of the molecule is C[C@]12CCC3c4ccc(O)cc4C[C@@H](CCCCCCCCCS(=O)CCCC(F)(F)C(F)(F)F)C3C1CC[C@@H]2O. The van der Waals surface area contributed by atoms with Crippen LogP contribution in [0.5, 0.6) is 5.75 Å². The summed E-state index contributed by atoms with van der Waals surface area (Å²) < 4.78 is 74.5. The van der Waals surface area contributed by atoms with E-state index in [0.717, 1.165) is 77.0 Å². The number of phenols is 1. The lowest BCUT2D eigenvalue weighted by molar-refractivity contribution is -0.284. The number of alkyl halides is 5. The number of fused-ring (bicyclic) bond motifs is 5. The Hall–Kier alpha value is -1.22. The maximum Gasteiger partial charge on any atom is 0.453 e. The molecule has 3 aliphatic carbocycles. The molecule has 0 heterocycles. The summed E-state index contributed by atoms with van der Waals surface area (Å²) in [5, 5.41) is 21.0. The van der Waals surface area contributed by atoms with Crippen molar-refractivity contribution >= 4 is 10.8 Å². The highest BCUT2D eigenvalue weighted by molar-refractivity contribution is 7.84. The van der Waals surface area contributed by atoms with E-state index in [-0.39, 0.29) is 17.3 Å². The van der Waals surface area contributed by atoms with Crippen LogP contribution in [0.1, 0.15) is 114 Å². The first-order valence-corrected chi connectivity index (χ1v) is 17.1. The molecule has 9 heteroatoms. The Morgan fingerprint density at radius 1 is 0.927 bits per heavy atom. The number of unbranched alkanes of at least 4 members (excludes halogenated alkanes) is 6. The van der Waals surface area contributed by atoms with Gasteiger partial charge in [-0.25, -0.2) is 0 Å². The van der Waals surface area contributed by atoms with Crippen molar-refractivity contribution < 1.29 is 36.4 Å². The smallest absolute Gasteiger partial charge is 0.453 e. The minimum Gasteiger partial charge on any atom is -0.508 e. The summed E-state index contributed by atoms with van der Waals surface area (Å²) >= 11 is 0. The van der Waals surface area contributed by atoms with Crippen LogP contribution in [0.25, 0.3) is 0 Å². The van der Waals surface area contributed by atoms with E-state index in [1.54, 1.807) is 0 Å². The third-order valence-electron chi connectivity index (χ3n) is 10.6. The van der Waals surface area contributed by atoms with E-state index in [0.29, 0.717) is 41.6 Å². The molecular formula is C32H47F5O3S. The Labute approximate surface area is 244 Å². The third-order valence-corrected chi connectivity index (χ3v) is 12.0. The van der Waals surface area contributed by atoms with Crippen molar-refractivity contribution in [3.63, 3.8) is 0 Å². The molecule has 4 rings (SSSR count). The van der Waals surface area contributed by atoms with Crippen molar-refractivity contribution in [2.24, 2.45) is 23.2 Å². The highest BCUT2D eigenvalue weighted by Crippen LogP contribution is 2.62. The number of aliphatic hydroxyl groups is 1. The highest BCUT2D eigenvalue weighted by Gasteiger charge is 2.57. The van der Waals surface area contributed by atoms with Crippen LogP contribution in [0.4, 0.5) is 22.0 Å². The van der Waals surface area contributed by atoms with E-state index in [1.807, 2.05) is 12.1 Å². The van der Waals surface area contributed by atoms with Gasteiger partial charge in [-0.05, 0) is 104 Å². The second-order valence-corrected chi connectivity index (χ2v) is 14.9. The van der Waals surface area contributed by atoms with Gasteiger partial charge < -0.3 is 10.2 Å². The van der Waals surface area contributed by atoms with Gasteiger partial charge >= 0.3 is 12.1 Å². The Bertz CT molecular complexity index is 1030. The second kappa shape index (κ2) is 13.6. The summed E-state index contributed by atoms with van der Waals surface area (Å²) in [6, 6.07) is 5.92. The molecule has 0 spiro atoms. The number of hydrogen-bond donors (Lipinski definition) is 2. The van der Waals surface area contributed by atoms with Crippen LogP contribution in [0.15, 0.2) is 18.2 Å². The summed E-state index contributed by atoms with van der Waals surface area (Å²) in [4.78, 5) is 0. The minimum atomic E-state index is -5.54. The first kappa shape index (κ1) is 32.7. The second-order valence-electron chi connectivity index (χ2n) is 13.2. The molecule has 2 saturated carbocycles. The summed E-state index contributed by atoms with van der Waals surface area (Å²) in [6.45, 7) is 2.30. The summed E-state index contributed by atoms with van der Waals surface area (Å²) in [6.07, 6.45) is 5.97. The first-order chi connectivity index (χ1) is 19.3. The number of rotatable bonds is 14. The molecule has 3 aliphatic rings. The maximum atomic E-state index is 13.0. The summed E-state index contributed by atoms with van der Waals surface area (Å²) in [5.41, 5.74) is 2.73. The Balaban J connectivity index is 1.15. The zero-order chi connectivity index (χ0) is 29.8. The first-order valence-electron chi connectivity index (χ1n) is 15.6. The van der Waals surface area contributed by atoms with Crippen LogP contribution in [0.3, 0.4) is 0 Å². The number of phenolic OH excluding ortho intramolecular Hbond substituents is 1. The van der Waals surface area contributed by atoms with Crippen molar-refractivity contribution in [1.29, 1.82) is 0 Å². The van der Waals surface area contributed by atoms with Gasteiger partial charge in [0.25, 0.3) is 0 Å². The molecule has 0 saturated heterocycles. The maximum absolute atomic E-state index is 13.0. The number of benzene rings is 1. The molecule has 234 valence electrons. The third kappa shape index (κ3) is 7.66. The number of hydrogen-bond acceptors (Lipinski definition) is 3. The number of aliphatic hydroxyl groups excluding tert-OH is 1. The van der Waals surface area contributed by atoms with Crippen molar-refractivity contribution in [3.05, 3.63) is 29.3 Å². The van der Waals surface area contributed by atoms with Crippen molar-refractivity contribution in [1.82, 2.24) is 0 Å². The van der Waals surface area contributed by atoms with Crippen LogP contribution in [0, 0.1) is 23.2 Å². The lowest BCUT2D eigenvalue weighted by Crippen LogP contribution is -2.47. The Kier molecular flexibility index (Phi) is 10.8. The molecular weight excluding hydrogens is 559 g/mol. The van der Waals surface area contributed by atoms with Crippen molar-refractivity contribution in [3.8, 4) is 5.75 Å². The molecule has 3 nitrogen and oxygen atoms in total. The predicted molar refractivity (Wildman–Crippen MR) is 153 cm³/mol. The molecule has 1 aromatic rings. The Morgan fingerprint density at radius 2 is 1.59 bits per heavy atom. The van der Waals surface area contributed by atoms with Gasteiger partial charge in [-0.2, -0.15) is 22.0 Å². The summed E-state index contributed by atoms with van der Waals surface area (Å²) in [7, 11) is -1.35. The van der Waals surface area contributed by atoms with E-state index >= 15 is 0 Å². The van der Waals surface area contributed by atoms with E-state index in [2.05, 4.69) is 13.0 Å². The molecule has 1 aromatic carbocycles. The normalized spacial score (nSPS) is 30.5. The topological polar surface area (TPSA) is 57.5 Å². The van der Waals surface area contributed by atoms with Gasteiger partial charge in [-0.1, -0.05) is 51.5 Å². The van der Waals surface area contributed by atoms with Crippen molar-refractivity contribution in [2.75, 3.05) is 11.5 Å². The number of aromatic hydroxyl groups is 1. The fourth-order valence-corrected chi connectivity index (χ4v) is 9.48. The van der Waals surface area contributed by atoms with Gasteiger partial charge in [-0.3, -0.25) is 4.21 Å². The standard InChI is InChI=1S/C32H47F5O3S/c1-30-17-15-26-25-12-11-24(38)21-23(25)20-22(29(26)27(30)13-14-28(30)39)10-7-5-3-2-4-6-8-18-41(40)19-9-16-31(33,34)32(35,36)37/h11-12,21-22,26-29,38-39H,2-10,13-20H2,1H3/t22-,26?,27?,28+,29?,30+,41?/m1/s1. The minimum absolute atomic E-state index is 0.0195. The zero-order valence-electron chi connectivity index (χ0n) is 24.2.